The molecule has 5 heteroatoms. The van der Waals surface area contributed by atoms with Crippen molar-refractivity contribution < 1.29 is 14.6 Å². The van der Waals surface area contributed by atoms with Crippen molar-refractivity contribution in [3.63, 3.8) is 0 Å². The molecule has 0 saturated carbocycles. The van der Waals surface area contributed by atoms with Gasteiger partial charge in [0.1, 0.15) is 5.60 Å². The maximum atomic E-state index is 11.5. The number of benzene rings is 1. The smallest absolute Gasteiger partial charge is 0.306 e. The highest BCUT2D eigenvalue weighted by atomic mass is 16.5. The van der Waals surface area contributed by atoms with Gasteiger partial charge in [-0.15, -0.1) is 0 Å². The summed E-state index contributed by atoms with van der Waals surface area (Å²) in [4.78, 5) is 14.8. The number of hydrogen-bond donors (Lipinski definition) is 2. The number of carbonyl (C=O) groups is 1. The van der Waals surface area contributed by atoms with Crippen LogP contribution < -0.4 is 0 Å². The van der Waals surface area contributed by atoms with Crippen molar-refractivity contribution in [3.05, 3.63) is 47.2 Å². The molecule has 1 atom stereocenters. The van der Waals surface area contributed by atoms with Crippen molar-refractivity contribution >= 4 is 16.9 Å². The minimum absolute atomic E-state index is 0.0910. The molecule has 0 spiro atoms. The number of H-pyrrole nitrogens is 1. The Balaban J connectivity index is 2.18. The minimum atomic E-state index is -0.887. The van der Waals surface area contributed by atoms with Crippen LogP contribution in [-0.2, 0) is 21.6 Å². The number of hydrogen-bond acceptors (Lipinski definition) is 3. The monoisotopic (exact) mass is 324 g/mol. The number of allylic oxidation sites excluding steroid dienone is 2. The quantitative estimate of drug-likeness (QED) is 0.822. The van der Waals surface area contributed by atoms with Crippen molar-refractivity contribution in [2.24, 2.45) is 0 Å². The lowest BCUT2D eigenvalue weighted by Crippen LogP contribution is -2.37. The number of aromatic nitrogens is 1. The number of aliphatic carboxylic acids is 1. The number of ether oxygens (including phenoxy) is 1. The molecular formula is C19H20N2O3. The van der Waals surface area contributed by atoms with Crippen LogP contribution >= 0.6 is 0 Å². The van der Waals surface area contributed by atoms with Crippen LogP contribution in [0.5, 0.6) is 0 Å². The van der Waals surface area contributed by atoms with Crippen molar-refractivity contribution in [1.82, 2.24) is 4.98 Å². The van der Waals surface area contributed by atoms with Gasteiger partial charge in [0.2, 0.25) is 0 Å². The molecule has 124 valence electrons. The van der Waals surface area contributed by atoms with Crippen molar-refractivity contribution in [2.45, 2.75) is 38.2 Å². The number of nitrogens with zero attached hydrogens (tertiary/aromatic N) is 1. The Morgan fingerprint density at radius 2 is 2.38 bits per heavy atom. The summed E-state index contributed by atoms with van der Waals surface area (Å²) in [7, 11) is 0. The van der Waals surface area contributed by atoms with E-state index in [1.165, 1.54) is 0 Å². The van der Waals surface area contributed by atoms with Crippen LogP contribution in [0.3, 0.4) is 0 Å². The van der Waals surface area contributed by atoms with Crippen LogP contribution in [0.15, 0.2) is 30.4 Å². The van der Waals surface area contributed by atoms with Gasteiger partial charge in [-0.25, -0.2) is 0 Å². The average Bonchev–Trinajstić information content (AvgIpc) is 2.95. The molecule has 0 bridgehead atoms. The number of nitrogens with one attached hydrogen (secondary N) is 1. The maximum absolute atomic E-state index is 11.5. The van der Waals surface area contributed by atoms with Crippen LogP contribution in [0.1, 0.15) is 43.0 Å². The highest BCUT2D eigenvalue weighted by Crippen LogP contribution is 2.43. The minimum Gasteiger partial charge on any atom is -0.481 e. The van der Waals surface area contributed by atoms with Crippen LogP contribution in [0.25, 0.3) is 10.9 Å². The van der Waals surface area contributed by atoms with E-state index < -0.39 is 11.6 Å². The van der Waals surface area contributed by atoms with E-state index in [9.17, 15) is 15.2 Å². The summed E-state index contributed by atoms with van der Waals surface area (Å²) in [6.45, 7) is 2.40. The first-order valence-electron chi connectivity index (χ1n) is 8.12. The zero-order valence-electron chi connectivity index (χ0n) is 13.6. The van der Waals surface area contributed by atoms with Gasteiger partial charge in [0.25, 0.3) is 0 Å². The largest absolute Gasteiger partial charge is 0.481 e. The molecule has 1 aromatic carbocycles. The normalized spacial score (nSPS) is 20.2. The van der Waals surface area contributed by atoms with Crippen LogP contribution in [0.2, 0.25) is 0 Å². The molecule has 0 saturated heterocycles. The predicted octanol–water partition coefficient (Wildman–Crippen LogP) is 3.64. The first-order valence-corrected chi connectivity index (χ1v) is 8.12. The van der Waals surface area contributed by atoms with Gasteiger partial charge in [-0.05, 0) is 43.9 Å². The van der Waals surface area contributed by atoms with Gasteiger partial charge >= 0.3 is 5.97 Å². The molecule has 0 radical (unpaired) electrons. The van der Waals surface area contributed by atoms with Gasteiger partial charge in [0.15, 0.2) is 0 Å². The van der Waals surface area contributed by atoms with Crippen molar-refractivity contribution in [2.75, 3.05) is 6.61 Å². The lowest BCUT2D eigenvalue weighted by Gasteiger charge is -2.36. The Hall–Kier alpha value is -2.58. The van der Waals surface area contributed by atoms with Gasteiger partial charge in [-0.3, -0.25) is 4.79 Å². The standard InChI is InChI=1S/C19H20N2O3/c1-2-3-4-9-19(11-16(22)23)18-14(8-10-24-19)17-13(12-20)6-5-7-15(17)21-18/h2-3,5-7,21H,4,8-11H2,1H3,(H,22,23). The van der Waals surface area contributed by atoms with E-state index in [1.807, 2.05) is 31.2 Å². The molecule has 24 heavy (non-hydrogen) atoms. The van der Waals surface area contributed by atoms with Gasteiger partial charge in [-0.1, -0.05) is 18.2 Å². The van der Waals surface area contributed by atoms with Crippen LogP contribution in [-0.4, -0.2) is 22.7 Å². The van der Waals surface area contributed by atoms with Gasteiger partial charge in [-0.2, -0.15) is 5.26 Å². The molecule has 1 aliphatic heterocycles. The number of fused-ring (bicyclic) bond motifs is 3. The van der Waals surface area contributed by atoms with E-state index in [-0.39, 0.29) is 6.42 Å². The molecule has 2 heterocycles. The Morgan fingerprint density at radius 1 is 1.54 bits per heavy atom. The molecule has 1 aliphatic rings. The van der Waals surface area contributed by atoms with Crippen LogP contribution in [0.4, 0.5) is 0 Å². The summed E-state index contributed by atoms with van der Waals surface area (Å²) >= 11 is 0. The zero-order valence-corrected chi connectivity index (χ0v) is 13.6. The summed E-state index contributed by atoms with van der Waals surface area (Å²) in [6.07, 6.45) is 5.89. The molecule has 0 amide bonds. The molecule has 1 aromatic heterocycles. The third-order valence-corrected chi connectivity index (χ3v) is 4.62. The van der Waals surface area contributed by atoms with E-state index in [0.29, 0.717) is 25.0 Å². The van der Waals surface area contributed by atoms with E-state index in [1.54, 1.807) is 6.07 Å². The Bertz CT molecular complexity index is 844. The highest BCUT2D eigenvalue weighted by molar-refractivity contribution is 5.90. The summed E-state index contributed by atoms with van der Waals surface area (Å²) < 4.78 is 6.02. The van der Waals surface area contributed by atoms with Crippen molar-refractivity contribution in [1.29, 1.82) is 5.26 Å². The summed E-state index contributed by atoms with van der Waals surface area (Å²) in [5.41, 5.74) is 2.45. The summed E-state index contributed by atoms with van der Waals surface area (Å²) in [6, 6.07) is 7.79. The molecule has 2 aromatic rings. The van der Waals surface area contributed by atoms with Gasteiger partial charge in [0.05, 0.1) is 30.4 Å². The first kappa shape index (κ1) is 16.3. The van der Waals surface area contributed by atoms with Gasteiger partial charge in [0, 0.05) is 10.9 Å². The second-order valence-corrected chi connectivity index (χ2v) is 6.09. The second kappa shape index (κ2) is 6.50. The van der Waals surface area contributed by atoms with E-state index in [2.05, 4.69) is 11.1 Å². The third kappa shape index (κ3) is 2.70. The molecule has 3 rings (SSSR count). The third-order valence-electron chi connectivity index (χ3n) is 4.62. The lowest BCUT2D eigenvalue weighted by molar-refractivity contribution is -0.149. The number of aromatic amines is 1. The molecule has 2 N–H and O–H groups in total. The SMILES string of the molecule is CC=CCCC1(CC(=O)O)OCCc2c1[nH]c1cccc(C#N)c21. The maximum Gasteiger partial charge on any atom is 0.306 e. The van der Waals surface area contributed by atoms with Crippen LogP contribution in [0, 0.1) is 11.3 Å². The lowest BCUT2D eigenvalue weighted by atomic mass is 9.84. The molecule has 1 unspecified atom stereocenters. The fraction of sp³-hybridized carbons (Fsp3) is 0.368. The zero-order chi connectivity index (χ0) is 17.2. The molecular weight excluding hydrogens is 304 g/mol. The second-order valence-electron chi connectivity index (χ2n) is 6.09. The van der Waals surface area contributed by atoms with E-state index in [4.69, 9.17) is 4.74 Å². The topological polar surface area (TPSA) is 86.1 Å². The summed E-state index contributed by atoms with van der Waals surface area (Å²) in [5, 5.41) is 19.7. The average molecular weight is 324 g/mol. The van der Waals surface area contributed by atoms with Crippen molar-refractivity contribution in [3.8, 4) is 6.07 Å². The molecule has 5 nitrogen and oxygen atoms in total. The highest BCUT2D eigenvalue weighted by Gasteiger charge is 2.41. The number of rotatable bonds is 5. The van der Waals surface area contributed by atoms with Gasteiger partial charge < -0.3 is 14.8 Å². The number of nitriles is 1. The Kier molecular flexibility index (Phi) is 4.41. The molecule has 0 fully saturated rings. The number of carboxylic acid groups (broad SMARTS) is 1. The Labute approximate surface area is 140 Å². The summed E-state index contributed by atoms with van der Waals surface area (Å²) in [5.74, 6) is -0.887. The fourth-order valence-electron chi connectivity index (χ4n) is 3.62. The first-order chi connectivity index (χ1) is 11.6. The molecule has 0 aliphatic carbocycles. The van der Waals surface area contributed by atoms with E-state index >= 15 is 0 Å². The fourth-order valence-corrected chi connectivity index (χ4v) is 3.62. The predicted molar refractivity (Wildman–Crippen MR) is 90.6 cm³/mol. The van der Waals surface area contributed by atoms with E-state index in [0.717, 1.165) is 28.6 Å². The Morgan fingerprint density at radius 3 is 3.08 bits per heavy atom. The number of carboxylic acids is 1.